The molecule has 0 aromatic carbocycles. The van der Waals surface area contributed by atoms with Gasteiger partial charge >= 0.3 is 5.97 Å². The summed E-state index contributed by atoms with van der Waals surface area (Å²) >= 11 is 1.62. The van der Waals surface area contributed by atoms with Gasteiger partial charge in [-0.1, -0.05) is 24.2 Å². The number of thioether (sulfide) groups is 1. The summed E-state index contributed by atoms with van der Waals surface area (Å²) in [5, 5.41) is 18.0. The lowest BCUT2D eigenvalue weighted by Crippen LogP contribution is -2.44. The van der Waals surface area contributed by atoms with Crippen LogP contribution in [0.1, 0.15) is 26.2 Å². The van der Waals surface area contributed by atoms with Gasteiger partial charge in [0.2, 0.25) is 0 Å². The van der Waals surface area contributed by atoms with Crippen molar-refractivity contribution < 1.29 is 9.90 Å². The minimum Gasteiger partial charge on any atom is -0.480 e. The Morgan fingerprint density at radius 1 is 1.45 bits per heavy atom. The standard InChI is InChI=1S/C13H18N4O2S/c1-13(14,11(18)19)7-3-5-9-20-12-16-15-10-6-2-4-8-17(10)12/h2,4,6,8H,3,5,7,9,14H2,1H3,(H,18,19). The Balaban J connectivity index is 1.78. The molecular weight excluding hydrogens is 276 g/mol. The van der Waals surface area contributed by atoms with Crippen LogP contribution in [0.4, 0.5) is 0 Å². The number of fused-ring (bicyclic) bond motifs is 1. The summed E-state index contributed by atoms with van der Waals surface area (Å²) in [4.78, 5) is 10.9. The Kier molecular flexibility index (Phi) is 4.61. The minimum atomic E-state index is -1.13. The summed E-state index contributed by atoms with van der Waals surface area (Å²) in [5.74, 6) is -0.0839. The first kappa shape index (κ1) is 14.8. The molecule has 0 aliphatic carbocycles. The summed E-state index contributed by atoms with van der Waals surface area (Å²) in [5.41, 5.74) is 5.37. The maximum atomic E-state index is 10.9. The predicted molar refractivity (Wildman–Crippen MR) is 77.8 cm³/mol. The van der Waals surface area contributed by atoms with E-state index in [2.05, 4.69) is 10.2 Å². The lowest BCUT2D eigenvalue weighted by Gasteiger charge is -2.18. The minimum absolute atomic E-state index is 0.476. The molecule has 0 amide bonds. The molecule has 0 radical (unpaired) electrons. The maximum absolute atomic E-state index is 10.9. The van der Waals surface area contributed by atoms with Gasteiger partial charge in [-0.2, -0.15) is 0 Å². The number of pyridine rings is 1. The summed E-state index contributed by atoms with van der Waals surface area (Å²) in [6.07, 6.45) is 4.08. The SMILES string of the molecule is CC(N)(CCCCSc1nnc2ccccn12)C(=O)O. The van der Waals surface area contributed by atoms with E-state index < -0.39 is 11.5 Å². The number of nitrogens with two attached hydrogens (primary N) is 1. The van der Waals surface area contributed by atoms with Gasteiger partial charge < -0.3 is 10.8 Å². The van der Waals surface area contributed by atoms with Gasteiger partial charge in [0.1, 0.15) is 5.54 Å². The van der Waals surface area contributed by atoms with Crippen LogP contribution in [0.15, 0.2) is 29.6 Å². The quantitative estimate of drug-likeness (QED) is 0.597. The largest absolute Gasteiger partial charge is 0.480 e. The smallest absolute Gasteiger partial charge is 0.323 e. The van der Waals surface area contributed by atoms with Gasteiger partial charge in [0.25, 0.3) is 0 Å². The molecule has 0 saturated carbocycles. The molecule has 2 rings (SSSR count). The molecule has 2 aromatic rings. The fourth-order valence-corrected chi connectivity index (χ4v) is 2.71. The molecule has 0 aliphatic rings. The molecular formula is C13H18N4O2S. The van der Waals surface area contributed by atoms with E-state index in [9.17, 15) is 4.79 Å². The molecule has 20 heavy (non-hydrogen) atoms. The number of hydrogen-bond donors (Lipinski definition) is 2. The first-order valence-electron chi connectivity index (χ1n) is 6.45. The van der Waals surface area contributed by atoms with Crippen molar-refractivity contribution in [1.29, 1.82) is 0 Å². The summed E-state index contributed by atoms with van der Waals surface area (Å²) in [6.45, 7) is 1.55. The molecule has 2 heterocycles. The number of nitrogens with zero attached hydrogens (tertiary/aromatic N) is 3. The number of rotatable bonds is 7. The van der Waals surface area contributed by atoms with E-state index in [4.69, 9.17) is 10.8 Å². The van der Waals surface area contributed by atoms with Crippen molar-refractivity contribution in [2.45, 2.75) is 36.9 Å². The molecule has 0 bridgehead atoms. The highest BCUT2D eigenvalue weighted by Gasteiger charge is 2.26. The highest BCUT2D eigenvalue weighted by Crippen LogP contribution is 2.19. The number of carboxylic acid groups (broad SMARTS) is 1. The van der Waals surface area contributed by atoms with E-state index in [1.165, 1.54) is 0 Å². The first-order chi connectivity index (χ1) is 9.50. The Morgan fingerprint density at radius 3 is 3.00 bits per heavy atom. The van der Waals surface area contributed by atoms with E-state index in [1.54, 1.807) is 18.7 Å². The van der Waals surface area contributed by atoms with Gasteiger partial charge in [0.15, 0.2) is 10.8 Å². The van der Waals surface area contributed by atoms with Gasteiger partial charge in [-0.15, -0.1) is 10.2 Å². The summed E-state index contributed by atoms with van der Waals surface area (Å²) < 4.78 is 1.94. The third-order valence-electron chi connectivity index (χ3n) is 3.09. The van der Waals surface area contributed by atoms with Gasteiger partial charge in [-0.25, -0.2) is 0 Å². The zero-order chi connectivity index (χ0) is 14.6. The van der Waals surface area contributed by atoms with Crippen molar-refractivity contribution in [3.05, 3.63) is 24.4 Å². The van der Waals surface area contributed by atoms with E-state index >= 15 is 0 Å². The molecule has 1 atom stereocenters. The second kappa shape index (κ2) is 6.23. The lowest BCUT2D eigenvalue weighted by molar-refractivity contribution is -0.142. The van der Waals surface area contributed by atoms with Crippen LogP contribution in [0.3, 0.4) is 0 Å². The van der Waals surface area contributed by atoms with Crippen LogP contribution in [0, 0.1) is 0 Å². The topological polar surface area (TPSA) is 93.5 Å². The summed E-state index contributed by atoms with van der Waals surface area (Å²) in [7, 11) is 0. The number of carbonyl (C=O) groups is 1. The van der Waals surface area contributed by atoms with Crippen LogP contribution >= 0.6 is 11.8 Å². The zero-order valence-corrected chi connectivity index (χ0v) is 12.1. The average molecular weight is 294 g/mol. The molecule has 2 aromatic heterocycles. The fourth-order valence-electron chi connectivity index (χ4n) is 1.78. The molecule has 0 aliphatic heterocycles. The number of aromatic nitrogens is 3. The molecule has 0 saturated heterocycles. The monoisotopic (exact) mass is 294 g/mol. The van der Waals surface area contributed by atoms with Crippen molar-refractivity contribution >= 4 is 23.4 Å². The maximum Gasteiger partial charge on any atom is 0.323 e. The number of aliphatic carboxylic acids is 1. The molecule has 6 nitrogen and oxygen atoms in total. The van der Waals surface area contributed by atoms with Gasteiger partial charge in [-0.3, -0.25) is 9.20 Å². The van der Waals surface area contributed by atoms with Crippen molar-refractivity contribution in [3.63, 3.8) is 0 Å². The fraction of sp³-hybridized carbons (Fsp3) is 0.462. The molecule has 0 spiro atoms. The first-order valence-corrected chi connectivity index (χ1v) is 7.44. The third kappa shape index (κ3) is 3.49. The second-order valence-corrected chi connectivity index (χ2v) is 6.00. The Hall–Kier alpha value is -1.60. The molecule has 0 fully saturated rings. The Morgan fingerprint density at radius 2 is 2.25 bits per heavy atom. The molecule has 3 N–H and O–H groups in total. The van der Waals surface area contributed by atoms with E-state index in [-0.39, 0.29) is 0 Å². The van der Waals surface area contributed by atoms with Crippen LogP contribution in [0.5, 0.6) is 0 Å². The normalized spacial score (nSPS) is 14.3. The van der Waals surface area contributed by atoms with E-state index in [0.717, 1.165) is 29.4 Å². The van der Waals surface area contributed by atoms with Crippen molar-refractivity contribution in [1.82, 2.24) is 14.6 Å². The molecule has 1 unspecified atom stereocenters. The Bertz CT molecular complexity index is 597. The summed E-state index contributed by atoms with van der Waals surface area (Å²) in [6, 6.07) is 5.77. The van der Waals surface area contributed by atoms with Crippen LogP contribution in [-0.2, 0) is 4.79 Å². The predicted octanol–water partition coefficient (Wildman–Crippen LogP) is 1.79. The second-order valence-electron chi connectivity index (χ2n) is 4.94. The van der Waals surface area contributed by atoms with E-state index in [1.807, 2.05) is 28.8 Å². The van der Waals surface area contributed by atoms with Crippen LogP contribution in [0.2, 0.25) is 0 Å². The molecule has 108 valence electrons. The lowest BCUT2D eigenvalue weighted by atomic mass is 9.97. The number of carboxylic acids is 1. The highest BCUT2D eigenvalue weighted by molar-refractivity contribution is 7.99. The van der Waals surface area contributed by atoms with Crippen LogP contribution < -0.4 is 5.73 Å². The third-order valence-corrected chi connectivity index (χ3v) is 4.12. The zero-order valence-electron chi connectivity index (χ0n) is 11.3. The average Bonchev–Trinajstić information content (AvgIpc) is 2.81. The van der Waals surface area contributed by atoms with Gasteiger partial charge in [0, 0.05) is 11.9 Å². The van der Waals surface area contributed by atoms with Gasteiger partial charge in [-0.05, 0) is 31.9 Å². The van der Waals surface area contributed by atoms with Crippen LogP contribution in [0.25, 0.3) is 5.65 Å². The number of hydrogen-bond acceptors (Lipinski definition) is 5. The van der Waals surface area contributed by atoms with E-state index in [0.29, 0.717) is 6.42 Å². The Labute approximate surface area is 121 Å². The van der Waals surface area contributed by atoms with Gasteiger partial charge in [0.05, 0.1) is 0 Å². The highest BCUT2D eigenvalue weighted by atomic mass is 32.2. The van der Waals surface area contributed by atoms with Crippen LogP contribution in [-0.4, -0.2) is 37.0 Å². The van der Waals surface area contributed by atoms with Crippen molar-refractivity contribution in [2.75, 3.05) is 5.75 Å². The number of unbranched alkanes of at least 4 members (excludes halogenated alkanes) is 1. The van der Waals surface area contributed by atoms with Crippen molar-refractivity contribution in [2.24, 2.45) is 5.73 Å². The van der Waals surface area contributed by atoms with Crippen molar-refractivity contribution in [3.8, 4) is 0 Å². The molecule has 7 heteroatoms.